The van der Waals surface area contributed by atoms with Gasteiger partial charge in [0.15, 0.2) is 0 Å². The van der Waals surface area contributed by atoms with Crippen molar-refractivity contribution in [2.45, 2.75) is 38.9 Å². The molecule has 3 aromatic heterocycles. The van der Waals surface area contributed by atoms with E-state index >= 15 is 0 Å². The number of carbonyl (C=O) groups excluding carboxylic acids is 1. The van der Waals surface area contributed by atoms with Crippen molar-refractivity contribution in [1.82, 2.24) is 9.80 Å². The summed E-state index contributed by atoms with van der Waals surface area (Å²) in [6.45, 7) is 4.44. The normalized spacial score (nSPS) is 16.7. The molecule has 4 heterocycles. The Morgan fingerprint density at radius 2 is 1.89 bits per heavy atom. The van der Waals surface area contributed by atoms with Crippen LogP contribution in [0.15, 0.2) is 57.1 Å². The van der Waals surface area contributed by atoms with E-state index in [4.69, 9.17) is 8.83 Å². The molecule has 0 spiro atoms. The van der Waals surface area contributed by atoms with Crippen LogP contribution >= 0.6 is 11.3 Å². The molecule has 0 bridgehead atoms. The molecular weight excluding hydrogens is 360 g/mol. The van der Waals surface area contributed by atoms with Crippen molar-refractivity contribution < 1.29 is 13.6 Å². The van der Waals surface area contributed by atoms with E-state index in [1.165, 1.54) is 10.4 Å². The molecular formula is C21H24N2O3S. The Morgan fingerprint density at radius 1 is 1.19 bits per heavy atom. The van der Waals surface area contributed by atoms with Gasteiger partial charge in [-0.25, -0.2) is 0 Å². The number of furan rings is 2. The Balaban J connectivity index is 1.49. The van der Waals surface area contributed by atoms with Crippen molar-refractivity contribution >= 4 is 17.2 Å². The molecule has 0 radical (unpaired) electrons. The van der Waals surface area contributed by atoms with Crippen molar-refractivity contribution in [3.8, 4) is 0 Å². The lowest BCUT2D eigenvalue weighted by Gasteiger charge is -2.36. The van der Waals surface area contributed by atoms with E-state index < -0.39 is 0 Å². The first-order valence-corrected chi connectivity index (χ1v) is 10.3. The van der Waals surface area contributed by atoms with Gasteiger partial charge in [0, 0.05) is 11.4 Å². The summed E-state index contributed by atoms with van der Waals surface area (Å²) in [5.41, 5.74) is 1.32. The number of fused-ring (bicyclic) bond motifs is 1. The first-order chi connectivity index (χ1) is 13.2. The van der Waals surface area contributed by atoms with Gasteiger partial charge in [0.05, 0.1) is 38.2 Å². The SMILES string of the molecule is CCC1c2ccsc2CCN1C(=O)CN(Cc1ccco1)Cc1ccco1. The Morgan fingerprint density at radius 3 is 2.48 bits per heavy atom. The predicted octanol–water partition coefficient (Wildman–Crippen LogP) is 4.47. The molecule has 1 unspecified atom stereocenters. The minimum atomic E-state index is 0.164. The van der Waals surface area contributed by atoms with Crippen LogP contribution in [0.3, 0.4) is 0 Å². The Bertz CT molecular complexity index is 818. The van der Waals surface area contributed by atoms with Gasteiger partial charge in [-0.15, -0.1) is 11.3 Å². The molecule has 1 atom stereocenters. The summed E-state index contributed by atoms with van der Waals surface area (Å²) in [6.07, 6.45) is 5.22. The van der Waals surface area contributed by atoms with E-state index in [9.17, 15) is 4.79 Å². The van der Waals surface area contributed by atoms with Gasteiger partial charge in [-0.1, -0.05) is 6.92 Å². The molecule has 0 saturated carbocycles. The number of rotatable bonds is 7. The maximum absolute atomic E-state index is 13.2. The average molecular weight is 385 g/mol. The quantitative estimate of drug-likeness (QED) is 0.603. The first-order valence-electron chi connectivity index (χ1n) is 9.37. The van der Waals surface area contributed by atoms with Crippen LogP contribution in [0, 0.1) is 0 Å². The third kappa shape index (κ3) is 4.01. The Hall–Kier alpha value is -2.31. The second-order valence-corrected chi connectivity index (χ2v) is 7.86. The minimum absolute atomic E-state index is 0.164. The van der Waals surface area contributed by atoms with E-state index in [0.717, 1.165) is 30.9 Å². The molecule has 0 N–H and O–H groups in total. The number of nitrogens with zero attached hydrogens (tertiary/aromatic N) is 2. The molecule has 0 fully saturated rings. The smallest absolute Gasteiger partial charge is 0.237 e. The van der Waals surface area contributed by atoms with Crippen LogP contribution in [-0.2, 0) is 24.3 Å². The molecule has 1 aliphatic heterocycles. The number of hydrogen-bond acceptors (Lipinski definition) is 5. The topological polar surface area (TPSA) is 49.8 Å². The van der Waals surface area contributed by atoms with Gasteiger partial charge in [-0.05, 0) is 54.1 Å². The third-order valence-corrected chi connectivity index (χ3v) is 6.08. The van der Waals surface area contributed by atoms with Crippen LogP contribution in [0.4, 0.5) is 0 Å². The fourth-order valence-corrected chi connectivity index (χ4v) is 4.76. The standard InChI is InChI=1S/C21H24N2O3S/c1-2-19-18-8-12-27-20(18)7-9-23(19)21(24)15-22(13-16-5-3-10-25-16)14-17-6-4-11-26-17/h3-6,8,10-12,19H,2,7,9,13-15H2,1H3. The molecule has 1 aliphatic rings. The molecule has 5 nitrogen and oxygen atoms in total. The van der Waals surface area contributed by atoms with Crippen LogP contribution in [0.25, 0.3) is 0 Å². The number of carbonyl (C=O) groups is 1. The Kier molecular flexibility index (Phi) is 5.45. The molecule has 0 saturated heterocycles. The van der Waals surface area contributed by atoms with Crippen molar-refractivity contribution in [3.63, 3.8) is 0 Å². The minimum Gasteiger partial charge on any atom is -0.468 e. The summed E-state index contributed by atoms with van der Waals surface area (Å²) >= 11 is 1.80. The van der Waals surface area contributed by atoms with E-state index in [0.29, 0.717) is 19.6 Å². The molecule has 1 amide bonds. The molecule has 0 aromatic carbocycles. The predicted molar refractivity (Wildman–Crippen MR) is 104 cm³/mol. The zero-order valence-corrected chi connectivity index (χ0v) is 16.3. The van der Waals surface area contributed by atoms with Gasteiger partial charge in [0.2, 0.25) is 5.91 Å². The van der Waals surface area contributed by atoms with Crippen molar-refractivity contribution in [2.75, 3.05) is 13.1 Å². The molecule has 6 heteroatoms. The average Bonchev–Trinajstić information content (AvgIpc) is 3.42. The highest BCUT2D eigenvalue weighted by molar-refractivity contribution is 7.10. The van der Waals surface area contributed by atoms with Gasteiger partial charge >= 0.3 is 0 Å². The highest BCUT2D eigenvalue weighted by Gasteiger charge is 2.31. The van der Waals surface area contributed by atoms with Crippen LogP contribution in [0.5, 0.6) is 0 Å². The van der Waals surface area contributed by atoms with E-state index in [1.54, 1.807) is 23.9 Å². The summed E-state index contributed by atoms with van der Waals surface area (Å²) in [7, 11) is 0. The van der Waals surface area contributed by atoms with E-state index in [2.05, 4.69) is 23.3 Å². The first kappa shape index (κ1) is 18.1. The van der Waals surface area contributed by atoms with Gasteiger partial charge in [-0.3, -0.25) is 9.69 Å². The largest absolute Gasteiger partial charge is 0.468 e. The lowest BCUT2D eigenvalue weighted by Crippen LogP contribution is -2.44. The zero-order chi connectivity index (χ0) is 18.6. The summed E-state index contributed by atoms with van der Waals surface area (Å²) in [4.78, 5) is 18.7. The number of amides is 1. The maximum atomic E-state index is 13.2. The molecule has 3 aromatic rings. The van der Waals surface area contributed by atoms with Crippen molar-refractivity contribution in [1.29, 1.82) is 0 Å². The highest BCUT2D eigenvalue weighted by atomic mass is 32.1. The van der Waals surface area contributed by atoms with Gasteiger partial charge < -0.3 is 13.7 Å². The van der Waals surface area contributed by atoms with Gasteiger partial charge in [0.25, 0.3) is 0 Å². The molecule has 27 heavy (non-hydrogen) atoms. The fourth-order valence-electron chi connectivity index (χ4n) is 3.83. The van der Waals surface area contributed by atoms with Crippen LogP contribution in [0.1, 0.15) is 41.3 Å². The van der Waals surface area contributed by atoms with E-state index in [-0.39, 0.29) is 11.9 Å². The van der Waals surface area contributed by atoms with Crippen molar-refractivity contribution in [2.24, 2.45) is 0 Å². The zero-order valence-electron chi connectivity index (χ0n) is 15.5. The van der Waals surface area contributed by atoms with Gasteiger partial charge in [0.1, 0.15) is 11.5 Å². The monoisotopic (exact) mass is 384 g/mol. The number of thiophene rings is 1. The van der Waals surface area contributed by atoms with Crippen molar-refractivity contribution in [3.05, 3.63) is 70.2 Å². The van der Waals surface area contributed by atoms with Crippen LogP contribution in [0.2, 0.25) is 0 Å². The third-order valence-electron chi connectivity index (χ3n) is 5.08. The molecule has 0 aliphatic carbocycles. The summed E-state index contributed by atoms with van der Waals surface area (Å²) in [6, 6.07) is 9.98. The lowest BCUT2D eigenvalue weighted by atomic mass is 9.97. The van der Waals surface area contributed by atoms with Gasteiger partial charge in [-0.2, -0.15) is 0 Å². The molecule has 4 rings (SSSR count). The molecule has 142 valence electrons. The summed E-state index contributed by atoms with van der Waals surface area (Å²) < 4.78 is 11.0. The van der Waals surface area contributed by atoms with Crippen LogP contribution in [-0.4, -0.2) is 28.8 Å². The Labute approximate surface area is 163 Å². The second kappa shape index (κ2) is 8.15. The maximum Gasteiger partial charge on any atom is 0.237 e. The second-order valence-electron chi connectivity index (χ2n) is 6.86. The lowest BCUT2D eigenvalue weighted by molar-refractivity contribution is -0.135. The fraction of sp³-hybridized carbons (Fsp3) is 0.381. The summed E-state index contributed by atoms with van der Waals surface area (Å²) in [5, 5.41) is 2.14. The number of hydrogen-bond donors (Lipinski definition) is 0. The van der Waals surface area contributed by atoms with E-state index in [1.807, 2.05) is 29.2 Å². The highest BCUT2D eigenvalue weighted by Crippen LogP contribution is 2.35. The summed E-state index contributed by atoms with van der Waals surface area (Å²) in [5.74, 6) is 1.86. The van der Waals surface area contributed by atoms with Crippen LogP contribution < -0.4 is 0 Å².